The quantitative estimate of drug-likeness (QED) is 0.342. The Labute approximate surface area is 180 Å². The van der Waals surface area contributed by atoms with Crippen LogP contribution in [0.25, 0.3) is 0 Å². The summed E-state index contributed by atoms with van der Waals surface area (Å²) in [4.78, 5) is 48.8. The zero-order chi connectivity index (χ0) is 23.4. The van der Waals surface area contributed by atoms with Gasteiger partial charge in [-0.25, -0.2) is 9.59 Å². The van der Waals surface area contributed by atoms with Gasteiger partial charge in [-0.1, -0.05) is 12.1 Å². The summed E-state index contributed by atoms with van der Waals surface area (Å²) in [5.41, 5.74) is -1.89. The molecule has 3 rings (SSSR count). The van der Waals surface area contributed by atoms with E-state index in [-0.39, 0.29) is 22.9 Å². The van der Waals surface area contributed by atoms with Crippen LogP contribution >= 0.6 is 0 Å². The highest BCUT2D eigenvalue weighted by Crippen LogP contribution is 2.23. The van der Waals surface area contributed by atoms with Crippen LogP contribution in [0, 0.1) is 0 Å². The van der Waals surface area contributed by atoms with Gasteiger partial charge >= 0.3 is 11.9 Å². The first-order chi connectivity index (χ1) is 15.2. The van der Waals surface area contributed by atoms with Crippen molar-refractivity contribution in [1.29, 1.82) is 0 Å². The molecule has 0 spiro atoms. The molecule has 0 heterocycles. The average molecular weight is 436 g/mol. The van der Waals surface area contributed by atoms with Crippen LogP contribution in [0.4, 0.5) is 11.4 Å². The van der Waals surface area contributed by atoms with Gasteiger partial charge in [0.1, 0.15) is 11.5 Å². The van der Waals surface area contributed by atoms with E-state index >= 15 is 0 Å². The van der Waals surface area contributed by atoms with Gasteiger partial charge in [0.2, 0.25) is 0 Å². The SMILES string of the molecule is O=C(O)c1cc(C(=O)O)c(C(=O)Nc2cccc(O)c2)cc1C(=O)Nc1cccc(O)c1. The monoisotopic (exact) mass is 436 g/mol. The van der Waals surface area contributed by atoms with Crippen LogP contribution in [-0.4, -0.2) is 44.2 Å². The lowest BCUT2D eigenvalue weighted by Crippen LogP contribution is -2.22. The first kappa shape index (κ1) is 21.8. The first-order valence-corrected chi connectivity index (χ1v) is 9.01. The third-order valence-corrected chi connectivity index (χ3v) is 4.32. The smallest absolute Gasteiger partial charge is 0.336 e. The van der Waals surface area contributed by atoms with Gasteiger partial charge in [0.25, 0.3) is 11.8 Å². The van der Waals surface area contributed by atoms with E-state index in [0.717, 1.165) is 12.1 Å². The van der Waals surface area contributed by atoms with Crippen LogP contribution in [0.15, 0.2) is 60.7 Å². The minimum Gasteiger partial charge on any atom is -0.508 e. The number of phenolic OH excluding ortho intramolecular Hbond substituents is 2. The Balaban J connectivity index is 2.06. The molecule has 0 radical (unpaired) electrons. The minimum absolute atomic E-state index is 0.145. The number of aromatic hydroxyl groups is 2. The average Bonchev–Trinajstić information content (AvgIpc) is 2.72. The molecular weight excluding hydrogens is 420 g/mol. The van der Waals surface area contributed by atoms with Crippen LogP contribution in [0.3, 0.4) is 0 Å². The summed E-state index contributed by atoms with van der Waals surface area (Å²) in [6.07, 6.45) is 0. The summed E-state index contributed by atoms with van der Waals surface area (Å²) in [6.45, 7) is 0. The van der Waals surface area contributed by atoms with E-state index in [1.165, 1.54) is 48.5 Å². The number of carboxylic acids is 2. The number of carbonyl (C=O) groups excluding carboxylic acids is 2. The molecule has 6 N–H and O–H groups in total. The third kappa shape index (κ3) is 4.82. The molecular formula is C22H16N2O8. The molecule has 3 aromatic carbocycles. The summed E-state index contributed by atoms with van der Waals surface area (Å²) in [6, 6.07) is 12.5. The summed E-state index contributed by atoms with van der Waals surface area (Å²) in [5, 5.41) is 42.8. The van der Waals surface area contributed by atoms with E-state index in [2.05, 4.69) is 10.6 Å². The number of aromatic carboxylic acids is 2. The van der Waals surface area contributed by atoms with Gasteiger partial charge in [-0.3, -0.25) is 9.59 Å². The van der Waals surface area contributed by atoms with Gasteiger partial charge in [-0.05, 0) is 36.4 Å². The molecule has 0 aromatic heterocycles. The molecule has 0 bridgehead atoms. The number of nitrogens with one attached hydrogen (secondary N) is 2. The van der Waals surface area contributed by atoms with Gasteiger partial charge in [0, 0.05) is 23.5 Å². The van der Waals surface area contributed by atoms with Crippen LogP contribution in [0.1, 0.15) is 41.4 Å². The van der Waals surface area contributed by atoms with Gasteiger partial charge in [-0.15, -0.1) is 0 Å². The van der Waals surface area contributed by atoms with Crippen LogP contribution in [0.2, 0.25) is 0 Å². The van der Waals surface area contributed by atoms with Gasteiger partial charge < -0.3 is 31.1 Å². The summed E-state index contributed by atoms with van der Waals surface area (Å²) in [5.74, 6) is -5.31. The molecule has 0 saturated heterocycles. The number of phenols is 2. The standard InChI is InChI=1S/C22H16N2O8/c25-13-5-1-3-11(7-13)23-19(27)15-9-16(18(22(31)32)10-17(15)21(29)30)20(28)24-12-4-2-6-14(26)8-12/h1-10,25-26H,(H,23,27)(H,24,28)(H,29,30)(H,31,32). The van der Waals surface area contributed by atoms with E-state index in [9.17, 15) is 39.6 Å². The highest BCUT2D eigenvalue weighted by Gasteiger charge is 2.26. The minimum atomic E-state index is -1.58. The van der Waals surface area contributed by atoms with Crippen LogP contribution in [-0.2, 0) is 0 Å². The van der Waals surface area contributed by atoms with Crippen molar-refractivity contribution in [1.82, 2.24) is 0 Å². The summed E-state index contributed by atoms with van der Waals surface area (Å²) >= 11 is 0. The fourth-order valence-electron chi connectivity index (χ4n) is 2.89. The summed E-state index contributed by atoms with van der Waals surface area (Å²) < 4.78 is 0. The fourth-order valence-corrected chi connectivity index (χ4v) is 2.89. The van der Waals surface area contributed by atoms with Crippen molar-refractivity contribution < 1.29 is 39.6 Å². The number of hydrogen-bond donors (Lipinski definition) is 6. The zero-order valence-electron chi connectivity index (χ0n) is 16.2. The Morgan fingerprint density at radius 3 is 1.28 bits per heavy atom. The number of benzene rings is 3. The molecule has 0 aliphatic heterocycles. The van der Waals surface area contributed by atoms with E-state index < -0.39 is 46.0 Å². The van der Waals surface area contributed by atoms with E-state index in [4.69, 9.17) is 0 Å². The Kier molecular flexibility index (Phi) is 6.06. The zero-order valence-corrected chi connectivity index (χ0v) is 16.2. The Morgan fingerprint density at radius 1 is 0.562 bits per heavy atom. The van der Waals surface area contributed by atoms with Crippen LogP contribution in [0.5, 0.6) is 11.5 Å². The van der Waals surface area contributed by atoms with Gasteiger partial charge in [0.05, 0.1) is 22.3 Å². The van der Waals surface area contributed by atoms with Crippen LogP contribution < -0.4 is 10.6 Å². The molecule has 32 heavy (non-hydrogen) atoms. The molecule has 0 unspecified atom stereocenters. The van der Waals surface area contributed by atoms with Crippen molar-refractivity contribution in [3.63, 3.8) is 0 Å². The van der Waals surface area contributed by atoms with E-state index in [1.807, 2.05) is 0 Å². The number of hydrogen-bond acceptors (Lipinski definition) is 6. The molecule has 10 nitrogen and oxygen atoms in total. The number of carbonyl (C=O) groups is 4. The predicted molar refractivity (Wildman–Crippen MR) is 112 cm³/mol. The normalized spacial score (nSPS) is 10.2. The molecule has 0 saturated carbocycles. The summed E-state index contributed by atoms with van der Waals surface area (Å²) in [7, 11) is 0. The maximum atomic E-state index is 12.7. The topological polar surface area (TPSA) is 173 Å². The second-order valence-electron chi connectivity index (χ2n) is 6.56. The van der Waals surface area contributed by atoms with E-state index in [0.29, 0.717) is 0 Å². The molecule has 0 fully saturated rings. The number of carboxylic acid groups (broad SMARTS) is 2. The van der Waals surface area contributed by atoms with Gasteiger partial charge in [0.15, 0.2) is 0 Å². The highest BCUT2D eigenvalue weighted by molar-refractivity contribution is 6.16. The van der Waals surface area contributed by atoms with E-state index in [1.54, 1.807) is 0 Å². The van der Waals surface area contributed by atoms with Crippen molar-refractivity contribution in [2.75, 3.05) is 10.6 Å². The second-order valence-corrected chi connectivity index (χ2v) is 6.56. The molecule has 10 heteroatoms. The molecule has 162 valence electrons. The molecule has 0 atom stereocenters. The lowest BCUT2D eigenvalue weighted by molar-refractivity contribution is 0.0690. The van der Waals surface area contributed by atoms with Crippen molar-refractivity contribution in [2.24, 2.45) is 0 Å². The predicted octanol–water partition coefficient (Wildman–Crippen LogP) is 3.00. The highest BCUT2D eigenvalue weighted by atomic mass is 16.4. The second kappa shape index (κ2) is 8.88. The third-order valence-electron chi connectivity index (χ3n) is 4.32. The fraction of sp³-hybridized carbons (Fsp3) is 0. The Morgan fingerprint density at radius 2 is 0.938 bits per heavy atom. The lowest BCUT2D eigenvalue weighted by atomic mass is 9.96. The Bertz CT molecular complexity index is 1160. The maximum Gasteiger partial charge on any atom is 0.336 e. The van der Waals surface area contributed by atoms with Crippen molar-refractivity contribution in [3.05, 3.63) is 82.9 Å². The van der Waals surface area contributed by atoms with Crippen molar-refractivity contribution in [3.8, 4) is 11.5 Å². The molecule has 0 aliphatic carbocycles. The molecule has 0 aliphatic rings. The van der Waals surface area contributed by atoms with Crippen molar-refractivity contribution >= 4 is 35.1 Å². The Hall–Kier alpha value is -4.86. The number of amides is 2. The molecule has 2 amide bonds. The first-order valence-electron chi connectivity index (χ1n) is 9.01. The molecule has 3 aromatic rings. The number of rotatable bonds is 6. The number of anilines is 2. The van der Waals surface area contributed by atoms with Gasteiger partial charge in [-0.2, -0.15) is 0 Å². The lowest BCUT2D eigenvalue weighted by Gasteiger charge is -2.13. The maximum absolute atomic E-state index is 12.7. The largest absolute Gasteiger partial charge is 0.508 e. The van der Waals surface area contributed by atoms with Crippen molar-refractivity contribution in [2.45, 2.75) is 0 Å².